The van der Waals surface area contributed by atoms with Crippen molar-refractivity contribution in [2.24, 2.45) is 0 Å². The number of hydrogen-bond donors (Lipinski definition) is 1. The van der Waals surface area contributed by atoms with Crippen molar-refractivity contribution in [1.82, 2.24) is 14.9 Å². The van der Waals surface area contributed by atoms with Crippen molar-refractivity contribution < 1.29 is 13.9 Å². The summed E-state index contributed by atoms with van der Waals surface area (Å²) in [6.45, 7) is 0.940. The minimum Gasteiger partial charge on any atom is -0.470 e. The largest absolute Gasteiger partial charge is 0.470 e. The second-order valence-electron chi connectivity index (χ2n) is 6.89. The van der Waals surface area contributed by atoms with Gasteiger partial charge in [0.25, 0.3) is 11.8 Å². The van der Waals surface area contributed by atoms with Crippen LogP contribution in [0.5, 0.6) is 5.88 Å². The summed E-state index contributed by atoms with van der Waals surface area (Å²) in [7, 11) is 0. The molecule has 0 bridgehead atoms. The van der Waals surface area contributed by atoms with Gasteiger partial charge in [-0.15, -0.1) is 0 Å². The Morgan fingerprint density at radius 3 is 2.92 bits per heavy atom. The van der Waals surface area contributed by atoms with Gasteiger partial charge in [-0.2, -0.15) is 0 Å². The third-order valence-corrected chi connectivity index (χ3v) is 4.80. The van der Waals surface area contributed by atoms with E-state index in [2.05, 4.69) is 9.97 Å². The molecule has 7 heteroatoms. The molecule has 4 rings (SSSR count). The zero-order valence-corrected chi connectivity index (χ0v) is 14.3. The first-order chi connectivity index (χ1) is 12.6. The van der Waals surface area contributed by atoms with Gasteiger partial charge in [0.05, 0.1) is 6.54 Å². The van der Waals surface area contributed by atoms with Gasteiger partial charge in [-0.05, 0) is 49.8 Å². The number of piperidine rings is 1. The van der Waals surface area contributed by atoms with E-state index in [1.54, 1.807) is 11.0 Å². The number of carbonyl (C=O) groups is 1. The molecule has 1 saturated carbocycles. The number of pyridine rings is 2. The molecule has 2 fully saturated rings. The number of likely N-dealkylation sites (tertiary alicyclic amines) is 1. The van der Waals surface area contributed by atoms with E-state index in [1.807, 2.05) is 0 Å². The number of aromatic nitrogens is 2. The lowest BCUT2D eigenvalue weighted by Gasteiger charge is -2.32. The number of hydrogen-bond acceptors (Lipinski definition) is 4. The van der Waals surface area contributed by atoms with Crippen LogP contribution in [0, 0.1) is 5.82 Å². The smallest absolute Gasteiger partial charge is 0.254 e. The number of nitrogens with zero attached hydrogens (tertiary/aromatic N) is 2. The Morgan fingerprint density at radius 1 is 1.31 bits per heavy atom. The van der Waals surface area contributed by atoms with Crippen LogP contribution in [0.2, 0.25) is 0 Å². The first-order valence-corrected chi connectivity index (χ1v) is 8.91. The van der Waals surface area contributed by atoms with Crippen LogP contribution in [-0.2, 0) is 0 Å². The Morgan fingerprint density at radius 2 is 2.15 bits per heavy atom. The number of aromatic amines is 1. The van der Waals surface area contributed by atoms with Gasteiger partial charge in [-0.25, -0.2) is 9.37 Å². The fraction of sp³-hybridized carbons (Fsp3) is 0.421. The van der Waals surface area contributed by atoms with E-state index in [4.69, 9.17) is 4.74 Å². The normalized spacial score (nSPS) is 20.0. The Labute approximate surface area is 150 Å². The topological polar surface area (TPSA) is 75.3 Å². The van der Waals surface area contributed by atoms with Gasteiger partial charge in [0.15, 0.2) is 5.82 Å². The molecule has 2 aliphatic rings. The Hall–Kier alpha value is -2.70. The van der Waals surface area contributed by atoms with E-state index in [9.17, 15) is 14.0 Å². The third-order valence-electron chi connectivity index (χ3n) is 4.80. The predicted molar refractivity (Wildman–Crippen MR) is 92.8 cm³/mol. The van der Waals surface area contributed by atoms with E-state index in [-0.39, 0.29) is 23.5 Å². The maximum absolute atomic E-state index is 13.7. The van der Waals surface area contributed by atoms with Gasteiger partial charge >= 0.3 is 0 Å². The molecule has 2 aromatic heterocycles. The van der Waals surface area contributed by atoms with E-state index >= 15 is 0 Å². The molecule has 1 N–H and O–H groups in total. The average Bonchev–Trinajstić information content (AvgIpc) is 3.48. The summed E-state index contributed by atoms with van der Waals surface area (Å²) in [6, 6.07) is 5.93. The lowest BCUT2D eigenvalue weighted by atomic mass is 10.1. The SMILES string of the molecule is O=C(c1cc(C2CC2)[nH]c(=O)c1)N1CCCC(Oc2ncccc2F)C1. The molecule has 1 aliphatic heterocycles. The number of halogens is 1. The van der Waals surface area contributed by atoms with Gasteiger partial charge in [0.2, 0.25) is 5.56 Å². The second-order valence-corrected chi connectivity index (χ2v) is 6.89. The molecular weight excluding hydrogens is 337 g/mol. The molecule has 0 aromatic carbocycles. The van der Waals surface area contributed by atoms with Gasteiger partial charge in [-0.1, -0.05) is 0 Å². The van der Waals surface area contributed by atoms with Crippen LogP contribution in [0.3, 0.4) is 0 Å². The van der Waals surface area contributed by atoms with E-state index < -0.39 is 5.82 Å². The van der Waals surface area contributed by atoms with E-state index in [0.717, 1.165) is 31.4 Å². The minimum absolute atomic E-state index is 0.0426. The lowest BCUT2D eigenvalue weighted by molar-refractivity contribution is 0.0517. The van der Waals surface area contributed by atoms with Crippen molar-refractivity contribution in [3.63, 3.8) is 0 Å². The van der Waals surface area contributed by atoms with Crippen LogP contribution in [0.15, 0.2) is 35.3 Å². The molecule has 136 valence electrons. The van der Waals surface area contributed by atoms with Crippen LogP contribution in [-0.4, -0.2) is 40.0 Å². The number of nitrogens with one attached hydrogen (secondary N) is 1. The predicted octanol–water partition coefficient (Wildman–Crippen LogP) is 2.47. The molecule has 3 heterocycles. The summed E-state index contributed by atoms with van der Waals surface area (Å²) in [4.78, 5) is 33.1. The Kier molecular flexibility index (Phi) is 4.44. The molecule has 0 spiro atoms. The molecule has 0 radical (unpaired) electrons. The molecule has 1 atom stereocenters. The molecule has 1 saturated heterocycles. The fourth-order valence-corrected chi connectivity index (χ4v) is 3.32. The Bertz CT molecular complexity index is 878. The number of carbonyl (C=O) groups excluding carboxylic acids is 1. The van der Waals surface area contributed by atoms with Crippen LogP contribution in [0.25, 0.3) is 0 Å². The highest BCUT2D eigenvalue weighted by Crippen LogP contribution is 2.38. The third kappa shape index (κ3) is 3.61. The van der Waals surface area contributed by atoms with Crippen molar-refractivity contribution in [3.05, 3.63) is 57.9 Å². The standard InChI is InChI=1S/C19H20FN3O3/c20-15-4-1-7-21-18(15)26-14-3-2-8-23(11-14)19(25)13-9-16(12-5-6-12)22-17(24)10-13/h1,4,7,9-10,12,14H,2-3,5-6,8,11H2,(H,22,24). The van der Waals surface area contributed by atoms with Crippen LogP contribution >= 0.6 is 0 Å². The van der Waals surface area contributed by atoms with Gasteiger partial charge in [-0.3, -0.25) is 9.59 Å². The molecule has 1 unspecified atom stereocenters. The summed E-state index contributed by atoms with van der Waals surface area (Å²) in [5.74, 6) is -0.383. The summed E-state index contributed by atoms with van der Waals surface area (Å²) in [5.41, 5.74) is 0.986. The highest BCUT2D eigenvalue weighted by Gasteiger charge is 2.29. The first kappa shape index (κ1) is 16.8. The first-order valence-electron chi connectivity index (χ1n) is 8.91. The van der Waals surface area contributed by atoms with Gasteiger partial charge < -0.3 is 14.6 Å². The number of ether oxygens (including phenoxy) is 1. The molecular formula is C19H20FN3O3. The molecule has 1 amide bonds. The number of rotatable bonds is 4. The number of H-pyrrole nitrogens is 1. The van der Waals surface area contributed by atoms with Crippen molar-refractivity contribution in [2.75, 3.05) is 13.1 Å². The van der Waals surface area contributed by atoms with Crippen molar-refractivity contribution >= 4 is 5.91 Å². The number of amides is 1. The zero-order chi connectivity index (χ0) is 18.1. The van der Waals surface area contributed by atoms with Gasteiger partial charge in [0, 0.05) is 30.1 Å². The minimum atomic E-state index is -0.514. The van der Waals surface area contributed by atoms with Crippen molar-refractivity contribution in [1.29, 1.82) is 0 Å². The highest BCUT2D eigenvalue weighted by atomic mass is 19.1. The van der Waals surface area contributed by atoms with E-state index in [1.165, 1.54) is 24.4 Å². The highest BCUT2D eigenvalue weighted by molar-refractivity contribution is 5.94. The van der Waals surface area contributed by atoms with E-state index in [0.29, 0.717) is 24.6 Å². The Balaban J connectivity index is 1.48. The summed E-state index contributed by atoms with van der Waals surface area (Å²) >= 11 is 0. The molecule has 6 nitrogen and oxygen atoms in total. The van der Waals surface area contributed by atoms with Crippen LogP contribution in [0.4, 0.5) is 4.39 Å². The zero-order valence-electron chi connectivity index (χ0n) is 14.3. The van der Waals surface area contributed by atoms with Crippen molar-refractivity contribution in [3.8, 4) is 5.88 Å². The van der Waals surface area contributed by atoms with Gasteiger partial charge in [0.1, 0.15) is 6.10 Å². The molecule has 2 aromatic rings. The van der Waals surface area contributed by atoms with Crippen LogP contribution < -0.4 is 10.3 Å². The fourth-order valence-electron chi connectivity index (χ4n) is 3.32. The summed E-state index contributed by atoms with van der Waals surface area (Å²) in [5, 5.41) is 0. The summed E-state index contributed by atoms with van der Waals surface area (Å²) < 4.78 is 19.4. The maximum Gasteiger partial charge on any atom is 0.254 e. The quantitative estimate of drug-likeness (QED) is 0.912. The van der Waals surface area contributed by atoms with Crippen LogP contribution in [0.1, 0.15) is 47.7 Å². The average molecular weight is 357 g/mol. The molecule has 26 heavy (non-hydrogen) atoms. The lowest BCUT2D eigenvalue weighted by Crippen LogP contribution is -2.44. The second kappa shape index (κ2) is 6.90. The molecule has 1 aliphatic carbocycles. The maximum atomic E-state index is 13.7. The van der Waals surface area contributed by atoms with Crippen molar-refractivity contribution in [2.45, 2.75) is 37.7 Å². The summed E-state index contributed by atoms with van der Waals surface area (Å²) in [6.07, 6.45) is 4.72. The monoisotopic (exact) mass is 357 g/mol.